The van der Waals surface area contributed by atoms with E-state index in [1.807, 2.05) is 19.9 Å². The number of nitrogens with one attached hydrogen (secondary N) is 1. The monoisotopic (exact) mass is 479 g/mol. The summed E-state index contributed by atoms with van der Waals surface area (Å²) >= 11 is 0. The molecule has 1 spiro atoms. The summed E-state index contributed by atoms with van der Waals surface area (Å²) in [5, 5.41) is 3.00. The summed E-state index contributed by atoms with van der Waals surface area (Å²) in [7, 11) is 1.58. The van der Waals surface area contributed by atoms with E-state index in [0.29, 0.717) is 42.8 Å². The lowest BCUT2D eigenvalue weighted by atomic mass is 9.96. The lowest BCUT2D eigenvalue weighted by Crippen LogP contribution is -2.60. The number of ether oxygens (including phenoxy) is 2. The molecule has 4 rings (SSSR count). The standard InChI is InChI=1S/C27H33N3O5/c1-4-19(2)28-24(31)23-18-35-27(30(23)26(33)20-8-6-5-7-9-20)14-16-29(17-15-27)25(32)21-10-12-22(34-3)13-11-21/h5-13,19,23H,4,14-18H2,1-3H3,(H,28,31)/t19-,23-/m0/s1. The van der Waals surface area contributed by atoms with Gasteiger partial charge in [-0.05, 0) is 49.7 Å². The third kappa shape index (κ3) is 5.03. The number of hydrogen-bond acceptors (Lipinski definition) is 5. The van der Waals surface area contributed by atoms with Crippen LogP contribution >= 0.6 is 0 Å². The number of carbonyl (C=O) groups excluding carboxylic acids is 3. The summed E-state index contributed by atoms with van der Waals surface area (Å²) in [5.74, 6) is 0.169. The molecule has 186 valence electrons. The molecule has 2 aliphatic rings. The molecule has 35 heavy (non-hydrogen) atoms. The highest BCUT2D eigenvalue weighted by Gasteiger charge is 2.54. The molecule has 2 fully saturated rings. The van der Waals surface area contributed by atoms with Crippen LogP contribution in [0.3, 0.4) is 0 Å². The van der Waals surface area contributed by atoms with Gasteiger partial charge in [0.25, 0.3) is 11.8 Å². The number of rotatable bonds is 6. The number of piperidine rings is 1. The van der Waals surface area contributed by atoms with Crippen molar-refractivity contribution in [3.63, 3.8) is 0 Å². The van der Waals surface area contributed by atoms with E-state index in [1.165, 1.54) is 0 Å². The van der Waals surface area contributed by atoms with Gasteiger partial charge in [0, 0.05) is 43.1 Å². The second-order valence-electron chi connectivity index (χ2n) is 9.15. The summed E-state index contributed by atoms with van der Waals surface area (Å²) in [5.41, 5.74) is 0.161. The second-order valence-corrected chi connectivity index (χ2v) is 9.15. The van der Waals surface area contributed by atoms with Crippen LogP contribution in [0.15, 0.2) is 54.6 Å². The maximum absolute atomic E-state index is 13.7. The Morgan fingerprint density at radius 2 is 1.66 bits per heavy atom. The summed E-state index contributed by atoms with van der Waals surface area (Å²) in [6.07, 6.45) is 1.65. The maximum Gasteiger partial charge on any atom is 0.256 e. The zero-order valence-electron chi connectivity index (χ0n) is 20.5. The molecule has 1 N–H and O–H groups in total. The van der Waals surface area contributed by atoms with E-state index >= 15 is 0 Å². The average molecular weight is 480 g/mol. The minimum Gasteiger partial charge on any atom is -0.497 e. The van der Waals surface area contributed by atoms with Crippen molar-refractivity contribution in [3.05, 3.63) is 65.7 Å². The Morgan fingerprint density at radius 1 is 1.03 bits per heavy atom. The van der Waals surface area contributed by atoms with Gasteiger partial charge in [0.2, 0.25) is 5.91 Å². The Hall–Kier alpha value is -3.39. The van der Waals surface area contributed by atoms with Crippen LogP contribution in [-0.4, -0.2) is 72.1 Å². The van der Waals surface area contributed by atoms with Crippen molar-refractivity contribution in [3.8, 4) is 5.75 Å². The molecule has 0 radical (unpaired) electrons. The molecule has 0 bridgehead atoms. The number of benzene rings is 2. The third-order valence-electron chi connectivity index (χ3n) is 6.97. The van der Waals surface area contributed by atoms with E-state index < -0.39 is 11.8 Å². The van der Waals surface area contributed by atoms with E-state index in [2.05, 4.69) is 5.32 Å². The van der Waals surface area contributed by atoms with Gasteiger partial charge in [-0.2, -0.15) is 0 Å². The molecule has 2 aromatic rings. The first kappa shape index (κ1) is 24.7. The third-order valence-corrected chi connectivity index (χ3v) is 6.97. The van der Waals surface area contributed by atoms with Crippen LogP contribution in [0.4, 0.5) is 0 Å². The van der Waals surface area contributed by atoms with Crippen molar-refractivity contribution in [2.24, 2.45) is 0 Å². The molecule has 2 heterocycles. The van der Waals surface area contributed by atoms with Crippen LogP contribution in [0.2, 0.25) is 0 Å². The smallest absolute Gasteiger partial charge is 0.256 e. The number of hydrogen-bond donors (Lipinski definition) is 1. The molecular weight excluding hydrogens is 446 g/mol. The molecule has 8 heteroatoms. The summed E-state index contributed by atoms with van der Waals surface area (Å²) < 4.78 is 11.4. The van der Waals surface area contributed by atoms with Crippen molar-refractivity contribution in [1.29, 1.82) is 0 Å². The van der Waals surface area contributed by atoms with Gasteiger partial charge in [-0.3, -0.25) is 19.3 Å². The average Bonchev–Trinajstić information content (AvgIpc) is 3.27. The molecule has 0 unspecified atom stereocenters. The summed E-state index contributed by atoms with van der Waals surface area (Å²) in [6.45, 7) is 4.91. The minimum absolute atomic E-state index is 0.00306. The van der Waals surface area contributed by atoms with E-state index in [1.54, 1.807) is 65.4 Å². The van der Waals surface area contributed by atoms with Crippen molar-refractivity contribution >= 4 is 17.7 Å². The Morgan fingerprint density at radius 3 is 2.26 bits per heavy atom. The largest absolute Gasteiger partial charge is 0.497 e. The van der Waals surface area contributed by atoms with Gasteiger partial charge >= 0.3 is 0 Å². The van der Waals surface area contributed by atoms with Gasteiger partial charge in [-0.15, -0.1) is 0 Å². The van der Waals surface area contributed by atoms with E-state index in [-0.39, 0.29) is 30.4 Å². The molecule has 0 saturated carbocycles. The highest BCUT2D eigenvalue weighted by molar-refractivity contribution is 5.98. The van der Waals surface area contributed by atoms with Crippen molar-refractivity contribution < 1.29 is 23.9 Å². The van der Waals surface area contributed by atoms with Crippen LogP contribution in [0.5, 0.6) is 5.75 Å². The lowest BCUT2D eigenvalue weighted by molar-refractivity contribution is -0.128. The molecule has 0 aromatic heterocycles. The Balaban J connectivity index is 1.54. The minimum atomic E-state index is -0.929. The molecule has 2 saturated heterocycles. The molecule has 8 nitrogen and oxygen atoms in total. The number of amides is 3. The Bertz CT molecular complexity index is 1050. The van der Waals surface area contributed by atoms with Crippen LogP contribution in [0.25, 0.3) is 0 Å². The number of nitrogens with zero attached hydrogens (tertiary/aromatic N) is 2. The van der Waals surface area contributed by atoms with Gasteiger partial charge in [0.1, 0.15) is 17.5 Å². The molecule has 0 aliphatic carbocycles. The summed E-state index contributed by atoms with van der Waals surface area (Å²) in [6, 6.07) is 15.3. The quantitative estimate of drug-likeness (QED) is 0.688. The van der Waals surface area contributed by atoms with Crippen LogP contribution in [-0.2, 0) is 9.53 Å². The number of likely N-dealkylation sites (tertiary alicyclic amines) is 1. The predicted molar refractivity (Wildman–Crippen MR) is 131 cm³/mol. The molecular formula is C27H33N3O5. The second kappa shape index (κ2) is 10.5. The maximum atomic E-state index is 13.7. The molecule has 2 atom stereocenters. The lowest BCUT2D eigenvalue weighted by Gasteiger charge is -2.44. The number of methoxy groups -OCH3 is 1. The fraction of sp³-hybridized carbons (Fsp3) is 0.444. The molecule has 3 amide bonds. The van der Waals surface area contributed by atoms with E-state index in [0.717, 1.165) is 6.42 Å². The van der Waals surface area contributed by atoms with Crippen LogP contribution in [0.1, 0.15) is 53.8 Å². The van der Waals surface area contributed by atoms with Gasteiger partial charge in [-0.25, -0.2) is 0 Å². The topological polar surface area (TPSA) is 88.2 Å². The SMILES string of the molecule is CC[C@H](C)NC(=O)[C@@H]1COC2(CCN(C(=O)c3ccc(OC)cc3)CC2)N1C(=O)c1ccccc1. The zero-order valence-corrected chi connectivity index (χ0v) is 20.5. The Labute approximate surface area is 206 Å². The predicted octanol–water partition coefficient (Wildman–Crippen LogP) is 3.08. The van der Waals surface area contributed by atoms with Gasteiger partial charge in [0.15, 0.2) is 0 Å². The van der Waals surface area contributed by atoms with Gasteiger partial charge in [-0.1, -0.05) is 25.1 Å². The summed E-state index contributed by atoms with van der Waals surface area (Å²) in [4.78, 5) is 43.3. The first-order chi connectivity index (χ1) is 16.9. The molecule has 2 aliphatic heterocycles. The normalized spacial score (nSPS) is 19.9. The van der Waals surface area contributed by atoms with Crippen molar-refractivity contribution in [2.45, 2.75) is 50.9 Å². The zero-order chi connectivity index (χ0) is 25.0. The first-order valence-electron chi connectivity index (χ1n) is 12.1. The Kier molecular flexibility index (Phi) is 7.40. The van der Waals surface area contributed by atoms with Gasteiger partial charge < -0.3 is 19.7 Å². The van der Waals surface area contributed by atoms with E-state index in [4.69, 9.17) is 9.47 Å². The van der Waals surface area contributed by atoms with Crippen molar-refractivity contribution in [2.75, 3.05) is 26.8 Å². The van der Waals surface area contributed by atoms with Crippen molar-refractivity contribution in [1.82, 2.24) is 15.1 Å². The first-order valence-corrected chi connectivity index (χ1v) is 12.1. The fourth-order valence-electron chi connectivity index (χ4n) is 4.70. The number of carbonyl (C=O) groups is 3. The highest BCUT2D eigenvalue weighted by atomic mass is 16.5. The van der Waals surface area contributed by atoms with Gasteiger partial charge in [0.05, 0.1) is 13.7 Å². The van der Waals surface area contributed by atoms with Crippen LogP contribution in [0, 0.1) is 0 Å². The highest BCUT2D eigenvalue weighted by Crippen LogP contribution is 2.39. The van der Waals surface area contributed by atoms with Crippen LogP contribution < -0.4 is 10.1 Å². The fourth-order valence-corrected chi connectivity index (χ4v) is 4.70. The van der Waals surface area contributed by atoms with E-state index in [9.17, 15) is 14.4 Å². The molecule has 2 aromatic carbocycles.